The van der Waals surface area contributed by atoms with E-state index < -0.39 is 31.1 Å². The molecular weight excluding hydrogens is 397 g/mol. The van der Waals surface area contributed by atoms with Gasteiger partial charge in [0.2, 0.25) is 5.91 Å². The zero-order chi connectivity index (χ0) is 20.8. The first-order chi connectivity index (χ1) is 13.7. The first-order valence-corrected chi connectivity index (χ1v) is 9.73. The van der Waals surface area contributed by atoms with Crippen LogP contribution in [0.15, 0.2) is 6.07 Å². The van der Waals surface area contributed by atoms with Gasteiger partial charge in [-0.15, -0.1) is 0 Å². The van der Waals surface area contributed by atoms with Crippen molar-refractivity contribution in [2.75, 3.05) is 44.2 Å². The van der Waals surface area contributed by atoms with E-state index in [0.717, 1.165) is 17.7 Å². The third-order valence-corrected chi connectivity index (χ3v) is 5.63. The number of rotatable bonds is 5. The minimum absolute atomic E-state index is 0.0949. The minimum Gasteiger partial charge on any atom is -0.354 e. The van der Waals surface area contributed by atoms with E-state index in [9.17, 15) is 26.7 Å². The smallest absolute Gasteiger partial charge is 0.354 e. The number of anilines is 1. The van der Waals surface area contributed by atoms with E-state index in [-0.39, 0.29) is 18.2 Å². The van der Waals surface area contributed by atoms with Crippen LogP contribution in [0, 0.1) is 0 Å². The molecule has 3 aliphatic rings. The number of aromatic nitrogens is 2. The van der Waals surface area contributed by atoms with Gasteiger partial charge in [0.15, 0.2) is 0 Å². The number of hydrogen-bond donors (Lipinski definition) is 0. The average Bonchev–Trinajstić information content (AvgIpc) is 3.46. The van der Waals surface area contributed by atoms with Crippen molar-refractivity contribution in [1.29, 1.82) is 0 Å². The standard InChI is InChI=1S/C18H22F5N5O/c19-15(20)12-9-14(25-16(24-12)11-1-2-11)27-7-5-26(6-8-27)13-3-4-28(17(13)29)10-18(21,22)23/h9,11,13,15H,1-8,10H2. The molecule has 0 aromatic carbocycles. The molecule has 1 aromatic heterocycles. The highest BCUT2D eigenvalue weighted by atomic mass is 19.4. The normalized spacial score (nSPS) is 24.1. The fraction of sp³-hybridized carbons (Fsp3) is 0.722. The molecule has 0 N–H and O–H groups in total. The molecule has 0 radical (unpaired) electrons. The monoisotopic (exact) mass is 419 g/mol. The van der Waals surface area contributed by atoms with E-state index in [2.05, 4.69) is 9.97 Å². The Kier molecular flexibility index (Phi) is 5.34. The lowest BCUT2D eigenvalue weighted by Gasteiger charge is -2.38. The number of nitrogens with zero attached hydrogens (tertiary/aromatic N) is 5. The second-order valence-electron chi connectivity index (χ2n) is 7.79. The number of halogens is 5. The van der Waals surface area contributed by atoms with Crippen molar-refractivity contribution in [3.05, 3.63) is 17.6 Å². The van der Waals surface area contributed by atoms with Gasteiger partial charge in [0.05, 0.1) is 6.04 Å². The highest BCUT2D eigenvalue weighted by molar-refractivity contribution is 5.84. The maximum atomic E-state index is 13.2. The summed E-state index contributed by atoms with van der Waals surface area (Å²) in [6.45, 7) is 0.729. The van der Waals surface area contributed by atoms with Gasteiger partial charge in [0.1, 0.15) is 23.9 Å². The van der Waals surface area contributed by atoms with E-state index in [1.807, 2.05) is 9.80 Å². The predicted octanol–water partition coefficient (Wildman–Crippen LogP) is 2.58. The van der Waals surface area contributed by atoms with Crippen LogP contribution in [0.2, 0.25) is 0 Å². The molecule has 29 heavy (non-hydrogen) atoms. The number of carbonyl (C=O) groups is 1. The Hall–Kier alpha value is -2.04. The van der Waals surface area contributed by atoms with E-state index in [1.165, 1.54) is 6.07 Å². The number of amides is 1. The quantitative estimate of drug-likeness (QED) is 0.687. The Morgan fingerprint density at radius 2 is 1.72 bits per heavy atom. The number of likely N-dealkylation sites (tertiary alicyclic amines) is 1. The Bertz CT molecular complexity index is 741. The molecule has 3 heterocycles. The molecule has 2 saturated heterocycles. The zero-order valence-electron chi connectivity index (χ0n) is 15.7. The fourth-order valence-electron chi connectivity index (χ4n) is 3.97. The van der Waals surface area contributed by atoms with Gasteiger partial charge in [-0.1, -0.05) is 0 Å². The Morgan fingerprint density at radius 1 is 1.03 bits per heavy atom. The topological polar surface area (TPSA) is 52.6 Å². The van der Waals surface area contributed by atoms with Gasteiger partial charge >= 0.3 is 6.18 Å². The largest absolute Gasteiger partial charge is 0.406 e. The summed E-state index contributed by atoms with van der Waals surface area (Å²) in [7, 11) is 0. The van der Waals surface area contributed by atoms with Crippen LogP contribution >= 0.6 is 0 Å². The van der Waals surface area contributed by atoms with Crippen LogP contribution in [-0.2, 0) is 4.79 Å². The lowest BCUT2D eigenvalue weighted by Crippen LogP contribution is -2.53. The summed E-state index contributed by atoms with van der Waals surface area (Å²) in [5.74, 6) is 0.556. The molecule has 1 unspecified atom stereocenters. The van der Waals surface area contributed by atoms with Crippen molar-refractivity contribution >= 4 is 11.7 Å². The molecular formula is C18H22F5N5O. The van der Waals surface area contributed by atoms with Crippen molar-refractivity contribution in [1.82, 2.24) is 19.8 Å². The average molecular weight is 419 g/mol. The van der Waals surface area contributed by atoms with E-state index in [0.29, 0.717) is 44.2 Å². The number of piperazine rings is 1. The summed E-state index contributed by atoms with van der Waals surface area (Å²) in [4.78, 5) is 25.4. The zero-order valence-corrected chi connectivity index (χ0v) is 15.7. The molecule has 160 valence electrons. The summed E-state index contributed by atoms with van der Waals surface area (Å²) >= 11 is 0. The van der Waals surface area contributed by atoms with Crippen LogP contribution in [0.1, 0.15) is 43.1 Å². The molecule has 2 aliphatic heterocycles. The van der Waals surface area contributed by atoms with Crippen LogP contribution in [0.5, 0.6) is 0 Å². The van der Waals surface area contributed by atoms with Gasteiger partial charge in [-0.3, -0.25) is 9.69 Å². The van der Waals surface area contributed by atoms with Gasteiger partial charge in [-0.25, -0.2) is 18.7 Å². The molecule has 1 saturated carbocycles. The Balaban J connectivity index is 1.39. The molecule has 3 fully saturated rings. The van der Waals surface area contributed by atoms with Crippen molar-refractivity contribution in [3.63, 3.8) is 0 Å². The third-order valence-electron chi connectivity index (χ3n) is 5.63. The van der Waals surface area contributed by atoms with Crippen LogP contribution in [0.4, 0.5) is 27.8 Å². The number of hydrogen-bond acceptors (Lipinski definition) is 5. The molecule has 1 atom stereocenters. The lowest BCUT2D eigenvalue weighted by atomic mass is 10.1. The maximum Gasteiger partial charge on any atom is 0.406 e. The fourth-order valence-corrected chi connectivity index (χ4v) is 3.97. The summed E-state index contributed by atoms with van der Waals surface area (Å²) in [5.41, 5.74) is -0.284. The molecule has 1 aromatic rings. The maximum absolute atomic E-state index is 13.2. The summed E-state index contributed by atoms with van der Waals surface area (Å²) < 4.78 is 64.2. The first-order valence-electron chi connectivity index (χ1n) is 9.73. The van der Waals surface area contributed by atoms with Crippen molar-refractivity contribution in [3.8, 4) is 0 Å². The molecule has 6 nitrogen and oxygen atoms in total. The van der Waals surface area contributed by atoms with Gasteiger partial charge in [0, 0.05) is 44.7 Å². The van der Waals surface area contributed by atoms with Crippen molar-refractivity contribution in [2.45, 2.75) is 43.8 Å². The van der Waals surface area contributed by atoms with Crippen molar-refractivity contribution in [2.24, 2.45) is 0 Å². The van der Waals surface area contributed by atoms with E-state index in [1.54, 1.807) is 0 Å². The molecule has 1 aliphatic carbocycles. The first kappa shape index (κ1) is 20.2. The van der Waals surface area contributed by atoms with E-state index in [4.69, 9.17) is 0 Å². The molecule has 0 bridgehead atoms. The van der Waals surface area contributed by atoms with Crippen molar-refractivity contribution < 1.29 is 26.7 Å². The van der Waals surface area contributed by atoms with E-state index >= 15 is 0 Å². The molecule has 4 rings (SSSR count). The molecule has 0 spiro atoms. The highest BCUT2D eigenvalue weighted by Crippen LogP contribution is 2.39. The number of alkyl halides is 5. The summed E-state index contributed by atoms with van der Waals surface area (Å²) in [5, 5.41) is 0. The van der Waals surface area contributed by atoms with Gasteiger partial charge < -0.3 is 9.80 Å². The Morgan fingerprint density at radius 3 is 2.31 bits per heavy atom. The van der Waals surface area contributed by atoms with Crippen LogP contribution in [0.3, 0.4) is 0 Å². The summed E-state index contributed by atoms with van der Waals surface area (Å²) in [6.07, 6.45) is -4.91. The molecule has 11 heteroatoms. The van der Waals surface area contributed by atoms with Gasteiger partial charge in [-0.05, 0) is 19.3 Å². The molecule has 1 amide bonds. The van der Waals surface area contributed by atoms with Gasteiger partial charge in [-0.2, -0.15) is 13.2 Å². The minimum atomic E-state index is -4.40. The second-order valence-corrected chi connectivity index (χ2v) is 7.79. The van der Waals surface area contributed by atoms with Crippen LogP contribution < -0.4 is 4.90 Å². The van der Waals surface area contributed by atoms with Gasteiger partial charge in [0.25, 0.3) is 6.43 Å². The SMILES string of the molecule is O=C1C(N2CCN(c3cc(C(F)F)nc(C4CC4)n3)CC2)CCN1CC(F)(F)F. The number of carbonyl (C=O) groups excluding carboxylic acids is 1. The highest BCUT2D eigenvalue weighted by Gasteiger charge is 2.42. The summed E-state index contributed by atoms with van der Waals surface area (Å²) in [6, 6.07) is 0.751. The predicted molar refractivity (Wildman–Crippen MR) is 93.8 cm³/mol. The van der Waals surface area contributed by atoms with Crippen LogP contribution in [0.25, 0.3) is 0 Å². The Labute approximate surface area is 164 Å². The third kappa shape index (κ3) is 4.59. The van der Waals surface area contributed by atoms with Crippen LogP contribution in [-0.4, -0.2) is 77.2 Å². The lowest BCUT2D eigenvalue weighted by molar-refractivity contribution is -0.159. The second kappa shape index (κ2) is 7.66.